The molecule has 0 saturated carbocycles. The monoisotopic (exact) mass is 513 g/mol. The molecule has 1 amide bonds. The van der Waals surface area contributed by atoms with Crippen molar-refractivity contribution in [1.29, 1.82) is 0 Å². The minimum atomic E-state index is -0.866. The van der Waals surface area contributed by atoms with Gasteiger partial charge in [0, 0.05) is 55.9 Å². The lowest BCUT2D eigenvalue weighted by atomic mass is 9.83. The summed E-state index contributed by atoms with van der Waals surface area (Å²) in [5.41, 5.74) is 7.18. The Labute approximate surface area is 212 Å². The van der Waals surface area contributed by atoms with E-state index >= 15 is 8.78 Å². The number of hydrogen-bond donors (Lipinski definition) is 3. The van der Waals surface area contributed by atoms with E-state index in [0.717, 1.165) is 5.56 Å². The lowest BCUT2D eigenvalue weighted by Gasteiger charge is -2.45. The number of hydrogen-bond acceptors (Lipinski definition) is 5. The van der Waals surface area contributed by atoms with E-state index in [1.54, 1.807) is 0 Å². The van der Waals surface area contributed by atoms with Crippen LogP contribution in [0.4, 0.5) is 14.5 Å². The molecule has 3 aromatic carbocycles. The number of piperazine rings is 1. The molecule has 2 aliphatic rings. The Morgan fingerprint density at radius 3 is 2.69 bits per heavy atom. The molecule has 36 heavy (non-hydrogen) atoms. The summed E-state index contributed by atoms with van der Waals surface area (Å²) in [5, 5.41) is 12.2. The number of benzene rings is 3. The van der Waals surface area contributed by atoms with E-state index in [-0.39, 0.29) is 40.7 Å². The molecule has 0 bridgehead atoms. The van der Waals surface area contributed by atoms with Crippen molar-refractivity contribution in [2.75, 3.05) is 37.7 Å². The quantitative estimate of drug-likeness (QED) is 0.416. The lowest BCUT2D eigenvalue weighted by molar-refractivity contribution is 0.100. The van der Waals surface area contributed by atoms with Gasteiger partial charge >= 0.3 is 0 Å². The first kappa shape index (κ1) is 24.5. The van der Waals surface area contributed by atoms with Crippen molar-refractivity contribution in [2.24, 2.45) is 5.73 Å². The second kappa shape index (κ2) is 9.69. The van der Waals surface area contributed by atoms with Crippen LogP contribution in [0.25, 0.3) is 11.1 Å². The topological polar surface area (TPSA) is 87.8 Å². The Hall–Kier alpha value is -3.20. The molecular weight excluding hydrogens is 488 g/mol. The van der Waals surface area contributed by atoms with Gasteiger partial charge in [0.05, 0.1) is 22.7 Å². The molecule has 2 heterocycles. The maximum atomic E-state index is 16.0. The fraction of sp³-hybridized carbons (Fsp3) is 0.296. The summed E-state index contributed by atoms with van der Waals surface area (Å²) in [6.07, 6.45) is 0.714. The molecule has 1 saturated heterocycles. The minimum Gasteiger partial charge on any atom is -0.490 e. The lowest BCUT2D eigenvalue weighted by Crippen LogP contribution is -2.57. The number of fused-ring (bicyclic) bond motifs is 3. The van der Waals surface area contributed by atoms with Crippen LogP contribution in [0.2, 0.25) is 5.02 Å². The van der Waals surface area contributed by atoms with E-state index in [9.17, 15) is 4.79 Å². The highest BCUT2D eigenvalue weighted by molar-refractivity contribution is 6.34. The first-order valence-corrected chi connectivity index (χ1v) is 12.2. The van der Waals surface area contributed by atoms with Gasteiger partial charge in [0.15, 0.2) is 11.6 Å². The van der Waals surface area contributed by atoms with E-state index in [0.29, 0.717) is 43.7 Å². The molecular formula is C27H26ClF2N3O3. The van der Waals surface area contributed by atoms with Crippen molar-refractivity contribution in [3.63, 3.8) is 0 Å². The SMILES string of the molecule is NC(=O)c1ccc(OCCCO)c(F)c1-c1c(Cl)c(F)cc2c1CC1(c3ccccc3)CNCCN21. The number of halogens is 3. The van der Waals surface area contributed by atoms with Crippen molar-refractivity contribution < 1.29 is 23.4 Å². The summed E-state index contributed by atoms with van der Waals surface area (Å²) in [6.45, 7) is 1.84. The van der Waals surface area contributed by atoms with E-state index in [2.05, 4.69) is 10.2 Å². The van der Waals surface area contributed by atoms with Crippen LogP contribution in [-0.2, 0) is 12.0 Å². The van der Waals surface area contributed by atoms with Crippen molar-refractivity contribution in [2.45, 2.75) is 18.4 Å². The number of nitrogens with two attached hydrogens (primary N) is 1. The number of aliphatic hydroxyl groups is 1. The van der Waals surface area contributed by atoms with E-state index in [1.807, 2.05) is 30.3 Å². The first-order valence-electron chi connectivity index (χ1n) is 11.8. The number of carbonyl (C=O) groups excluding carboxylic acids is 1. The predicted molar refractivity (Wildman–Crippen MR) is 135 cm³/mol. The maximum Gasteiger partial charge on any atom is 0.249 e. The number of carbonyl (C=O) groups is 1. The van der Waals surface area contributed by atoms with Gasteiger partial charge in [-0.05, 0) is 29.3 Å². The highest BCUT2D eigenvalue weighted by atomic mass is 35.5. The smallest absolute Gasteiger partial charge is 0.249 e. The second-order valence-electron chi connectivity index (χ2n) is 9.04. The zero-order chi connectivity index (χ0) is 25.4. The van der Waals surface area contributed by atoms with Crippen LogP contribution in [-0.4, -0.2) is 43.9 Å². The van der Waals surface area contributed by atoms with E-state index in [4.69, 9.17) is 27.2 Å². The third kappa shape index (κ3) is 3.89. The molecule has 2 aliphatic heterocycles. The van der Waals surface area contributed by atoms with E-state index < -0.39 is 23.1 Å². The van der Waals surface area contributed by atoms with Gasteiger partial charge in [0.1, 0.15) is 5.82 Å². The first-order chi connectivity index (χ1) is 17.4. The number of aliphatic hydroxyl groups excluding tert-OH is 1. The Morgan fingerprint density at radius 1 is 1.19 bits per heavy atom. The van der Waals surface area contributed by atoms with Gasteiger partial charge in [-0.1, -0.05) is 41.9 Å². The summed E-state index contributed by atoms with van der Waals surface area (Å²) >= 11 is 6.53. The molecule has 3 aromatic rings. The van der Waals surface area contributed by atoms with Gasteiger partial charge in [-0.15, -0.1) is 0 Å². The fourth-order valence-corrected chi connectivity index (χ4v) is 5.66. The standard InChI is InChI=1S/C27H26ClF2N3O3/c28-24-19(29)13-20-18(14-27(15-32-9-10-33(20)27)16-5-2-1-3-6-16)22(24)23-17(26(31)35)7-8-21(25(23)30)36-12-4-11-34/h1-3,5-8,13,32,34H,4,9-12,14-15H2,(H2,31,35). The van der Waals surface area contributed by atoms with Crippen molar-refractivity contribution >= 4 is 23.2 Å². The molecule has 1 unspecified atom stereocenters. The second-order valence-corrected chi connectivity index (χ2v) is 9.42. The molecule has 1 fully saturated rings. The van der Waals surface area contributed by atoms with Crippen LogP contribution in [0.1, 0.15) is 27.9 Å². The van der Waals surface area contributed by atoms with Crippen molar-refractivity contribution in [1.82, 2.24) is 5.32 Å². The van der Waals surface area contributed by atoms with Crippen LogP contribution in [0.15, 0.2) is 48.5 Å². The van der Waals surface area contributed by atoms with Crippen LogP contribution in [0.3, 0.4) is 0 Å². The average molecular weight is 514 g/mol. The number of ether oxygens (including phenoxy) is 1. The average Bonchev–Trinajstić information content (AvgIpc) is 3.21. The number of nitrogens with zero attached hydrogens (tertiary/aromatic N) is 1. The molecule has 4 N–H and O–H groups in total. The van der Waals surface area contributed by atoms with Crippen molar-refractivity contribution in [3.8, 4) is 16.9 Å². The summed E-state index contributed by atoms with van der Waals surface area (Å²) in [5.74, 6) is -2.56. The Morgan fingerprint density at radius 2 is 1.97 bits per heavy atom. The summed E-state index contributed by atoms with van der Waals surface area (Å²) in [6, 6.07) is 13.9. The molecule has 0 radical (unpaired) electrons. The van der Waals surface area contributed by atoms with Crippen LogP contribution in [0, 0.1) is 11.6 Å². The van der Waals surface area contributed by atoms with Gasteiger partial charge in [0.25, 0.3) is 0 Å². The summed E-state index contributed by atoms with van der Waals surface area (Å²) < 4.78 is 36.8. The third-order valence-corrected chi connectivity index (χ3v) is 7.37. The van der Waals surface area contributed by atoms with Gasteiger partial charge in [-0.3, -0.25) is 4.79 Å². The number of anilines is 1. The maximum absolute atomic E-state index is 16.0. The number of amides is 1. The normalized spacial score (nSPS) is 18.6. The molecule has 6 nitrogen and oxygen atoms in total. The van der Waals surface area contributed by atoms with Crippen LogP contribution < -0.4 is 20.7 Å². The zero-order valence-electron chi connectivity index (χ0n) is 19.5. The number of rotatable bonds is 7. The molecule has 5 rings (SSSR count). The number of nitrogens with one attached hydrogen (secondary N) is 1. The molecule has 0 aliphatic carbocycles. The summed E-state index contributed by atoms with van der Waals surface area (Å²) in [4.78, 5) is 14.5. The highest BCUT2D eigenvalue weighted by Crippen LogP contribution is 2.52. The van der Waals surface area contributed by atoms with Gasteiger partial charge in [-0.2, -0.15) is 0 Å². The zero-order valence-corrected chi connectivity index (χ0v) is 20.2. The molecule has 188 valence electrons. The third-order valence-electron chi connectivity index (χ3n) is 7.00. The van der Waals surface area contributed by atoms with Gasteiger partial charge < -0.3 is 25.8 Å². The molecule has 0 spiro atoms. The molecule has 0 aromatic heterocycles. The molecule has 1 atom stereocenters. The Kier molecular flexibility index (Phi) is 6.59. The summed E-state index contributed by atoms with van der Waals surface area (Å²) in [7, 11) is 0. The van der Waals surface area contributed by atoms with Crippen LogP contribution in [0.5, 0.6) is 5.75 Å². The van der Waals surface area contributed by atoms with Gasteiger partial charge in [0.2, 0.25) is 5.91 Å². The van der Waals surface area contributed by atoms with Crippen molar-refractivity contribution in [3.05, 3.63) is 81.9 Å². The Bertz CT molecular complexity index is 1320. The van der Waals surface area contributed by atoms with Gasteiger partial charge in [-0.25, -0.2) is 8.78 Å². The predicted octanol–water partition coefficient (Wildman–Crippen LogP) is 4.01. The largest absolute Gasteiger partial charge is 0.490 e. The van der Waals surface area contributed by atoms with Crippen LogP contribution >= 0.6 is 11.6 Å². The minimum absolute atomic E-state index is 0.0638. The van der Waals surface area contributed by atoms with E-state index in [1.165, 1.54) is 18.2 Å². The Balaban J connectivity index is 1.75. The fourth-order valence-electron chi connectivity index (χ4n) is 5.40. The number of primary amides is 1. The molecule has 9 heteroatoms. The highest BCUT2D eigenvalue weighted by Gasteiger charge is 2.48.